The minimum absolute atomic E-state index is 0.0190. The summed E-state index contributed by atoms with van der Waals surface area (Å²) >= 11 is 0. The molecule has 0 atom stereocenters. The fraction of sp³-hybridized carbons (Fsp3) is 0.0526. The minimum Gasteiger partial charge on any atom is -0.322 e. The van der Waals surface area contributed by atoms with E-state index in [1.54, 1.807) is 19.1 Å². The number of amides is 1. The molecule has 0 unspecified atom stereocenters. The largest absolute Gasteiger partial charge is 0.322 e. The lowest BCUT2D eigenvalue weighted by Crippen LogP contribution is -2.14. The summed E-state index contributed by atoms with van der Waals surface area (Å²) in [6, 6.07) is 12.8. The number of hydrogen-bond donors (Lipinski definition) is 2. The number of carbonyl (C=O) groups is 1. The first-order valence-corrected chi connectivity index (χ1v) is 9.84. The lowest BCUT2D eigenvalue weighted by Gasteiger charge is -2.09. The number of nitrogens with one attached hydrogen (secondary N) is 2. The first-order chi connectivity index (χ1) is 13.8. The molecule has 9 nitrogen and oxygen atoms in total. The number of nitrogens with zero attached hydrogens (tertiary/aromatic N) is 2. The molecule has 10 heteroatoms. The van der Waals surface area contributed by atoms with Crippen LogP contribution in [-0.4, -0.2) is 24.2 Å². The molecule has 2 aromatic carbocycles. The fourth-order valence-corrected chi connectivity index (χ4v) is 3.60. The Labute approximate surface area is 166 Å². The van der Waals surface area contributed by atoms with E-state index in [1.165, 1.54) is 54.9 Å². The van der Waals surface area contributed by atoms with Gasteiger partial charge in [0.25, 0.3) is 21.6 Å². The van der Waals surface area contributed by atoms with Gasteiger partial charge in [0.05, 0.1) is 21.7 Å². The maximum Gasteiger partial charge on any atom is 0.272 e. The number of anilines is 2. The van der Waals surface area contributed by atoms with Crippen molar-refractivity contribution >= 4 is 33.0 Å². The van der Waals surface area contributed by atoms with Crippen molar-refractivity contribution in [3.63, 3.8) is 0 Å². The van der Waals surface area contributed by atoms with Gasteiger partial charge in [-0.25, -0.2) is 8.42 Å². The van der Waals surface area contributed by atoms with Crippen molar-refractivity contribution in [1.82, 2.24) is 4.98 Å². The number of rotatable bonds is 6. The summed E-state index contributed by atoms with van der Waals surface area (Å²) in [5.74, 6) is -0.466. The van der Waals surface area contributed by atoms with Gasteiger partial charge in [0, 0.05) is 29.1 Å². The molecule has 0 bridgehead atoms. The predicted octanol–water partition coefficient (Wildman–Crippen LogP) is 3.35. The maximum absolute atomic E-state index is 12.4. The first kappa shape index (κ1) is 20.0. The smallest absolute Gasteiger partial charge is 0.272 e. The van der Waals surface area contributed by atoms with Gasteiger partial charge >= 0.3 is 0 Å². The minimum atomic E-state index is -3.80. The van der Waals surface area contributed by atoms with Crippen LogP contribution in [0.2, 0.25) is 0 Å². The average Bonchev–Trinajstić information content (AvgIpc) is 2.68. The van der Waals surface area contributed by atoms with Crippen molar-refractivity contribution in [3.8, 4) is 0 Å². The van der Waals surface area contributed by atoms with Crippen LogP contribution in [0.25, 0.3) is 0 Å². The number of aryl methyl sites for hydroxylation is 1. The predicted molar refractivity (Wildman–Crippen MR) is 107 cm³/mol. The van der Waals surface area contributed by atoms with Crippen molar-refractivity contribution in [1.29, 1.82) is 0 Å². The van der Waals surface area contributed by atoms with Crippen LogP contribution in [0, 0.1) is 17.0 Å². The molecule has 1 heterocycles. The third kappa shape index (κ3) is 4.74. The summed E-state index contributed by atoms with van der Waals surface area (Å²) < 4.78 is 27.2. The normalized spacial score (nSPS) is 10.9. The van der Waals surface area contributed by atoms with Crippen molar-refractivity contribution < 1.29 is 18.1 Å². The maximum atomic E-state index is 12.4. The van der Waals surface area contributed by atoms with Gasteiger partial charge in [-0.15, -0.1) is 0 Å². The van der Waals surface area contributed by atoms with Gasteiger partial charge in [0.2, 0.25) is 0 Å². The Morgan fingerprint density at radius 1 is 1.07 bits per heavy atom. The molecule has 0 aliphatic carbocycles. The second-order valence-electron chi connectivity index (χ2n) is 6.08. The Kier molecular flexibility index (Phi) is 5.55. The Morgan fingerprint density at radius 2 is 1.79 bits per heavy atom. The van der Waals surface area contributed by atoms with E-state index in [4.69, 9.17) is 0 Å². The van der Waals surface area contributed by atoms with Gasteiger partial charge < -0.3 is 5.32 Å². The van der Waals surface area contributed by atoms with E-state index >= 15 is 0 Å². The van der Waals surface area contributed by atoms with E-state index in [0.29, 0.717) is 16.9 Å². The second kappa shape index (κ2) is 8.07. The molecule has 0 radical (unpaired) electrons. The molecule has 29 heavy (non-hydrogen) atoms. The molecule has 0 aliphatic heterocycles. The zero-order valence-corrected chi connectivity index (χ0v) is 16.0. The molecule has 1 amide bonds. The van der Waals surface area contributed by atoms with E-state index < -0.39 is 20.9 Å². The van der Waals surface area contributed by atoms with Gasteiger partial charge in [0.15, 0.2) is 0 Å². The van der Waals surface area contributed by atoms with E-state index in [1.807, 2.05) is 0 Å². The van der Waals surface area contributed by atoms with Gasteiger partial charge in [0.1, 0.15) is 0 Å². The second-order valence-corrected chi connectivity index (χ2v) is 7.77. The average molecular weight is 412 g/mol. The Morgan fingerprint density at radius 3 is 2.38 bits per heavy atom. The lowest BCUT2D eigenvalue weighted by atomic mass is 10.1. The highest BCUT2D eigenvalue weighted by atomic mass is 32.2. The Balaban J connectivity index is 1.72. The molecule has 0 saturated carbocycles. The number of carbonyl (C=O) groups excluding carboxylic acids is 1. The van der Waals surface area contributed by atoms with Crippen LogP contribution >= 0.6 is 0 Å². The lowest BCUT2D eigenvalue weighted by molar-refractivity contribution is -0.385. The van der Waals surface area contributed by atoms with Crippen molar-refractivity contribution in [2.75, 3.05) is 10.0 Å². The van der Waals surface area contributed by atoms with Gasteiger partial charge in [-0.05, 0) is 55.5 Å². The number of pyridine rings is 1. The highest BCUT2D eigenvalue weighted by Gasteiger charge is 2.16. The van der Waals surface area contributed by atoms with Crippen LogP contribution < -0.4 is 10.0 Å². The number of nitro groups is 1. The van der Waals surface area contributed by atoms with Crippen LogP contribution in [0.15, 0.2) is 71.9 Å². The van der Waals surface area contributed by atoms with Crippen LogP contribution in [0.4, 0.5) is 17.1 Å². The molecule has 0 fully saturated rings. The van der Waals surface area contributed by atoms with Crippen molar-refractivity contribution in [2.45, 2.75) is 11.8 Å². The van der Waals surface area contributed by atoms with Crippen molar-refractivity contribution in [3.05, 3.63) is 88.2 Å². The van der Waals surface area contributed by atoms with Crippen LogP contribution in [-0.2, 0) is 10.0 Å². The fourth-order valence-electron chi connectivity index (χ4n) is 2.56. The van der Waals surface area contributed by atoms with Crippen LogP contribution in [0.1, 0.15) is 15.9 Å². The van der Waals surface area contributed by atoms with Crippen LogP contribution in [0.3, 0.4) is 0 Å². The summed E-state index contributed by atoms with van der Waals surface area (Å²) in [5, 5.41) is 13.5. The zero-order valence-electron chi connectivity index (χ0n) is 15.2. The Hall–Kier alpha value is -3.79. The first-order valence-electron chi connectivity index (χ1n) is 8.35. The summed E-state index contributed by atoms with van der Waals surface area (Å²) in [6.07, 6.45) is 2.92. The van der Waals surface area contributed by atoms with Gasteiger partial charge in [-0.2, -0.15) is 0 Å². The van der Waals surface area contributed by atoms with Crippen molar-refractivity contribution in [2.24, 2.45) is 0 Å². The quantitative estimate of drug-likeness (QED) is 0.471. The summed E-state index contributed by atoms with van der Waals surface area (Å²) in [4.78, 5) is 26.6. The van der Waals surface area contributed by atoms with E-state index in [9.17, 15) is 23.3 Å². The zero-order chi connectivity index (χ0) is 21.0. The number of sulfonamides is 1. The molecular formula is C19H16N4O5S. The molecule has 148 valence electrons. The number of aromatic nitrogens is 1. The summed E-state index contributed by atoms with van der Waals surface area (Å²) in [7, 11) is -3.80. The topological polar surface area (TPSA) is 131 Å². The molecule has 1 aromatic heterocycles. The molecule has 2 N–H and O–H groups in total. The van der Waals surface area contributed by atoms with Crippen LogP contribution in [0.5, 0.6) is 0 Å². The standard InChI is InChI=1S/C19H16N4O5S/c1-13-11-14(4-9-18(13)23(25)26)19(24)21-15-5-7-17(8-6-15)29(27,28)22-16-3-2-10-20-12-16/h2-12,22H,1H3,(H,21,24). The molecule has 0 aliphatic rings. The number of nitro benzene ring substituents is 1. The van der Waals surface area contributed by atoms with E-state index in [-0.39, 0.29) is 16.1 Å². The molecule has 3 rings (SSSR count). The summed E-state index contributed by atoms with van der Waals surface area (Å²) in [5.41, 5.74) is 1.26. The van der Waals surface area contributed by atoms with E-state index in [2.05, 4.69) is 15.0 Å². The third-order valence-corrected chi connectivity index (χ3v) is 5.39. The van der Waals surface area contributed by atoms with Gasteiger partial charge in [-0.3, -0.25) is 24.6 Å². The monoisotopic (exact) mass is 412 g/mol. The number of hydrogen-bond acceptors (Lipinski definition) is 6. The van der Waals surface area contributed by atoms with Gasteiger partial charge in [-0.1, -0.05) is 0 Å². The Bertz CT molecular complexity index is 1160. The molecular weight excluding hydrogens is 396 g/mol. The SMILES string of the molecule is Cc1cc(C(=O)Nc2ccc(S(=O)(=O)Nc3cccnc3)cc2)ccc1[N+](=O)[O-]. The molecule has 0 saturated heterocycles. The highest BCUT2D eigenvalue weighted by Crippen LogP contribution is 2.21. The third-order valence-electron chi connectivity index (χ3n) is 3.99. The number of benzene rings is 2. The molecule has 3 aromatic rings. The highest BCUT2D eigenvalue weighted by molar-refractivity contribution is 7.92. The molecule has 0 spiro atoms. The van der Waals surface area contributed by atoms with E-state index in [0.717, 1.165) is 0 Å². The summed E-state index contributed by atoms with van der Waals surface area (Å²) in [6.45, 7) is 1.55.